The predicted molar refractivity (Wildman–Crippen MR) is 89.8 cm³/mol. The summed E-state index contributed by atoms with van der Waals surface area (Å²) in [4.78, 5) is 25.8. The molecule has 0 saturated carbocycles. The quantitative estimate of drug-likeness (QED) is 0.456. The molecular formula is C18H19BrO3. The summed E-state index contributed by atoms with van der Waals surface area (Å²) in [5.74, 6) is -0.701. The highest BCUT2D eigenvalue weighted by molar-refractivity contribution is 9.10. The van der Waals surface area contributed by atoms with Gasteiger partial charge in [0.15, 0.2) is 11.2 Å². The third-order valence-corrected chi connectivity index (χ3v) is 4.47. The highest BCUT2D eigenvalue weighted by Crippen LogP contribution is 2.45. The van der Waals surface area contributed by atoms with Crippen molar-refractivity contribution in [2.24, 2.45) is 5.41 Å². The normalized spacial score (nSPS) is 19.5. The number of carbonyl (C=O) groups excluding carboxylic acids is 2. The lowest BCUT2D eigenvalue weighted by atomic mass is 9.74. The number of fused-ring (bicyclic) bond motifs is 1. The summed E-state index contributed by atoms with van der Waals surface area (Å²) in [6.45, 7) is 9.54. The number of hydrogen-bond donors (Lipinski definition) is 0. The molecule has 116 valence electrons. The lowest BCUT2D eigenvalue weighted by molar-refractivity contribution is -0.150. The van der Waals surface area contributed by atoms with Gasteiger partial charge in [-0.1, -0.05) is 34.2 Å². The van der Waals surface area contributed by atoms with Crippen molar-refractivity contribution in [3.8, 4) is 0 Å². The zero-order chi connectivity index (χ0) is 16.5. The van der Waals surface area contributed by atoms with Crippen molar-refractivity contribution in [2.75, 3.05) is 6.61 Å². The molecule has 1 aliphatic rings. The number of ketones is 1. The van der Waals surface area contributed by atoms with E-state index in [4.69, 9.17) is 4.74 Å². The van der Waals surface area contributed by atoms with Crippen LogP contribution in [0.15, 0.2) is 46.5 Å². The molecule has 0 amide bonds. The zero-order valence-electron chi connectivity index (χ0n) is 13.0. The van der Waals surface area contributed by atoms with Gasteiger partial charge in [-0.15, -0.1) is 0 Å². The Kier molecular flexibility index (Phi) is 4.71. The summed E-state index contributed by atoms with van der Waals surface area (Å²) in [5.41, 5.74) is 1.66. The van der Waals surface area contributed by atoms with E-state index in [-0.39, 0.29) is 12.4 Å². The van der Waals surface area contributed by atoms with Crippen LogP contribution in [0.25, 0.3) is 0 Å². The van der Waals surface area contributed by atoms with Crippen LogP contribution in [0.4, 0.5) is 0 Å². The highest BCUT2D eigenvalue weighted by atomic mass is 79.9. The monoisotopic (exact) mass is 362 g/mol. The molecule has 4 heteroatoms. The molecular weight excluding hydrogens is 344 g/mol. The third-order valence-electron chi connectivity index (χ3n) is 3.98. The van der Waals surface area contributed by atoms with Gasteiger partial charge >= 0.3 is 5.97 Å². The number of Topliss-reactive ketones (excluding diaryl/α,β-unsaturated/α-hetero) is 1. The van der Waals surface area contributed by atoms with Crippen LogP contribution in [0.3, 0.4) is 0 Å². The van der Waals surface area contributed by atoms with Gasteiger partial charge < -0.3 is 4.74 Å². The molecule has 0 spiro atoms. The Balaban J connectivity index is 2.68. The number of rotatable bonds is 4. The highest BCUT2D eigenvalue weighted by Gasteiger charge is 2.54. The maximum absolute atomic E-state index is 13.1. The van der Waals surface area contributed by atoms with E-state index in [9.17, 15) is 9.59 Å². The second-order valence-corrected chi connectivity index (χ2v) is 6.47. The molecule has 0 bridgehead atoms. The molecule has 2 rings (SSSR count). The van der Waals surface area contributed by atoms with Crippen molar-refractivity contribution in [3.63, 3.8) is 0 Å². The Bertz CT molecular complexity index is 684. The average molecular weight is 363 g/mol. The van der Waals surface area contributed by atoms with Gasteiger partial charge in [-0.3, -0.25) is 9.59 Å². The molecule has 3 nitrogen and oxygen atoms in total. The van der Waals surface area contributed by atoms with E-state index in [1.54, 1.807) is 19.1 Å². The van der Waals surface area contributed by atoms with Gasteiger partial charge in [0.1, 0.15) is 0 Å². The molecule has 0 aliphatic heterocycles. The van der Waals surface area contributed by atoms with Crippen LogP contribution in [0, 0.1) is 5.41 Å². The van der Waals surface area contributed by atoms with Crippen molar-refractivity contribution in [3.05, 3.63) is 57.6 Å². The van der Waals surface area contributed by atoms with E-state index < -0.39 is 11.4 Å². The number of benzene rings is 1. The second kappa shape index (κ2) is 6.21. The number of allylic oxidation sites excluding steroid dienone is 2. The summed E-state index contributed by atoms with van der Waals surface area (Å²) < 4.78 is 6.13. The van der Waals surface area contributed by atoms with E-state index >= 15 is 0 Å². The first-order chi connectivity index (χ1) is 10.4. The first kappa shape index (κ1) is 16.7. The van der Waals surface area contributed by atoms with Gasteiger partial charge in [-0.05, 0) is 50.1 Å². The van der Waals surface area contributed by atoms with E-state index in [1.165, 1.54) is 0 Å². The third kappa shape index (κ3) is 2.45. The summed E-state index contributed by atoms with van der Waals surface area (Å²) in [5, 5.41) is 0. The molecule has 1 aromatic rings. The van der Waals surface area contributed by atoms with Crippen LogP contribution in [0.1, 0.15) is 36.7 Å². The van der Waals surface area contributed by atoms with Crippen molar-refractivity contribution < 1.29 is 14.3 Å². The molecule has 0 aromatic heterocycles. The first-order valence-electron chi connectivity index (χ1n) is 7.19. The van der Waals surface area contributed by atoms with Crippen molar-refractivity contribution in [1.82, 2.24) is 0 Å². The van der Waals surface area contributed by atoms with E-state index in [0.29, 0.717) is 17.6 Å². The molecule has 0 heterocycles. The van der Waals surface area contributed by atoms with E-state index in [0.717, 1.165) is 15.6 Å². The molecule has 0 fully saturated rings. The predicted octanol–water partition coefficient (Wildman–Crippen LogP) is 4.26. The SMILES string of the molecule is C=CC(=C(C)C)[C@]1(C(=O)OCC)Cc2cc(Br)ccc2C1=O. The molecule has 1 aromatic carbocycles. The molecule has 22 heavy (non-hydrogen) atoms. The number of halogens is 1. The lowest BCUT2D eigenvalue weighted by Crippen LogP contribution is -2.40. The van der Waals surface area contributed by atoms with E-state index in [2.05, 4.69) is 22.5 Å². The summed E-state index contributed by atoms with van der Waals surface area (Å²) in [6, 6.07) is 5.46. The summed E-state index contributed by atoms with van der Waals surface area (Å²) >= 11 is 3.41. The number of esters is 1. The fourth-order valence-electron chi connectivity index (χ4n) is 3.08. The van der Waals surface area contributed by atoms with Gasteiger partial charge in [0.05, 0.1) is 6.61 Å². The summed E-state index contributed by atoms with van der Waals surface area (Å²) in [6.07, 6.45) is 1.91. The smallest absolute Gasteiger partial charge is 0.324 e. The van der Waals surface area contributed by atoms with Crippen LogP contribution in [0.5, 0.6) is 0 Å². The van der Waals surface area contributed by atoms with Crippen LogP contribution in [-0.2, 0) is 16.0 Å². The number of carbonyl (C=O) groups is 2. The molecule has 1 aliphatic carbocycles. The largest absolute Gasteiger partial charge is 0.465 e. The molecule has 1 atom stereocenters. The van der Waals surface area contributed by atoms with Gasteiger partial charge in [-0.25, -0.2) is 0 Å². The van der Waals surface area contributed by atoms with Crippen LogP contribution in [-0.4, -0.2) is 18.4 Å². The average Bonchev–Trinajstić information content (AvgIpc) is 2.73. The molecule has 0 unspecified atom stereocenters. The summed E-state index contributed by atoms with van der Waals surface area (Å²) in [7, 11) is 0. The minimum absolute atomic E-state index is 0.204. The van der Waals surface area contributed by atoms with Crippen LogP contribution < -0.4 is 0 Å². The Morgan fingerprint density at radius 1 is 1.45 bits per heavy atom. The first-order valence-corrected chi connectivity index (χ1v) is 7.98. The Labute approximate surface area is 139 Å². The zero-order valence-corrected chi connectivity index (χ0v) is 14.6. The van der Waals surface area contributed by atoms with Crippen LogP contribution in [0.2, 0.25) is 0 Å². The molecule has 0 N–H and O–H groups in total. The van der Waals surface area contributed by atoms with Crippen molar-refractivity contribution in [1.29, 1.82) is 0 Å². The molecule has 0 saturated heterocycles. The molecule has 0 radical (unpaired) electrons. The maximum atomic E-state index is 13.1. The van der Waals surface area contributed by atoms with Gasteiger partial charge in [-0.2, -0.15) is 0 Å². The van der Waals surface area contributed by atoms with Crippen LogP contribution >= 0.6 is 15.9 Å². The Hall–Kier alpha value is -1.68. The van der Waals surface area contributed by atoms with Crippen molar-refractivity contribution >= 4 is 27.7 Å². The minimum atomic E-state index is -1.31. The number of ether oxygens (including phenoxy) is 1. The van der Waals surface area contributed by atoms with Gasteiger partial charge in [0, 0.05) is 16.5 Å². The standard InChI is InChI=1S/C18H19BrO3/c1-5-15(11(3)4)18(17(21)22-6-2)10-12-9-13(19)7-8-14(12)16(18)20/h5,7-9H,1,6,10H2,2-4H3/t18-/m1/s1. The van der Waals surface area contributed by atoms with Crippen molar-refractivity contribution in [2.45, 2.75) is 27.2 Å². The van der Waals surface area contributed by atoms with Gasteiger partial charge in [0.25, 0.3) is 0 Å². The Morgan fingerprint density at radius 3 is 2.68 bits per heavy atom. The lowest BCUT2D eigenvalue weighted by Gasteiger charge is -2.27. The number of hydrogen-bond acceptors (Lipinski definition) is 3. The topological polar surface area (TPSA) is 43.4 Å². The van der Waals surface area contributed by atoms with E-state index in [1.807, 2.05) is 26.0 Å². The minimum Gasteiger partial charge on any atom is -0.465 e. The fraction of sp³-hybridized carbons (Fsp3) is 0.333. The second-order valence-electron chi connectivity index (χ2n) is 5.55. The van der Waals surface area contributed by atoms with Gasteiger partial charge in [0.2, 0.25) is 0 Å². The fourth-order valence-corrected chi connectivity index (χ4v) is 3.49. The Morgan fingerprint density at radius 2 is 2.14 bits per heavy atom. The maximum Gasteiger partial charge on any atom is 0.324 e.